The van der Waals surface area contributed by atoms with Gasteiger partial charge in [-0.05, 0) is 34.1 Å². The van der Waals surface area contributed by atoms with E-state index in [1.807, 2.05) is 6.92 Å². The molecule has 0 aromatic rings. The normalized spacial score (nSPS) is 12.7. The van der Waals surface area contributed by atoms with Crippen LogP contribution in [0.15, 0.2) is 0 Å². The first kappa shape index (κ1) is 17.7. The van der Waals surface area contributed by atoms with Gasteiger partial charge in [0.05, 0.1) is 0 Å². The van der Waals surface area contributed by atoms with Gasteiger partial charge in [-0.1, -0.05) is 19.8 Å². The summed E-state index contributed by atoms with van der Waals surface area (Å²) >= 11 is 0. The van der Waals surface area contributed by atoms with E-state index in [9.17, 15) is 9.59 Å². The number of hydrogen-bond donors (Lipinski definition) is 2. The number of alkyl carbamates (subject to hydrolysis) is 1. The average Bonchev–Trinajstić information content (AvgIpc) is 2.23. The van der Waals surface area contributed by atoms with E-state index in [0.29, 0.717) is 6.54 Å². The molecular weight excluding hydrogens is 244 g/mol. The van der Waals surface area contributed by atoms with Crippen molar-refractivity contribution in [2.75, 3.05) is 6.54 Å². The van der Waals surface area contributed by atoms with Crippen LogP contribution in [0.2, 0.25) is 0 Å². The molecule has 1 unspecified atom stereocenters. The van der Waals surface area contributed by atoms with Crippen LogP contribution in [0.3, 0.4) is 0 Å². The third-order valence-electron chi connectivity index (χ3n) is 2.42. The second kappa shape index (κ2) is 8.77. The smallest absolute Gasteiger partial charge is 0.407 e. The molecule has 2 amide bonds. The van der Waals surface area contributed by atoms with E-state index in [-0.39, 0.29) is 18.4 Å². The first-order valence-electron chi connectivity index (χ1n) is 7.00. The van der Waals surface area contributed by atoms with E-state index in [0.717, 1.165) is 19.3 Å². The maximum atomic E-state index is 11.6. The molecule has 5 heteroatoms. The fourth-order valence-corrected chi connectivity index (χ4v) is 1.52. The molecule has 0 aromatic carbocycles. The number of nitrogens with one attached hydrogen (secondary N) is 2. The van der Waals surface area contributed by atoms with Gasteiger partial charge in [-0.15, -0.1) is 0 Å². The average molecular weight is 272 g/mol. The van der Waals surface area contributed by atoms with Gasteiger partial charge in [0.25, 0.3) is 0 Å². The summed E-state index contributed by atoms with van der Waals surface area (Å²) in [5.41, 5.74) is -0.513. The molecule has 112 valence electrons. The van der Waals surface area contributed by atoms with Gasteiger partial charge in [0.2, 0.25) is 5.91 Å². The summed E-state index contributed by atoms with van der Waals surface area (Å²) in [5.74, 6) is -0.0420. The van der Waals surface area contributed by atoms with Crippen molar-refractivity contribution in [1.29, 1.82) is 0 Å². The Morgan fingerprint density at radius 1 is 1.26 bits per heavy atom. The fraction of sp³-hybridized carbons (Fsp3) is 0.857. The molecule has 0 saturated carbocycles. The minimum Gasteiger partial charge on any atom is -0.444 e. The maximum absolute atomic E-state index is 11.6. The molecule has 2 N–H and O–H groups in total. The lowest BCUT2D eigenvalue weighted by molar-refractivity contribution is -0.121. The van der Waals surface area contributed by atoms with E-state index >= 15 is 0 Å². The van der Waals surface area contributed by atoms with Crippen molar-refractivity contribution in [3.63, 3.8) is 0 Å². The molecule has 0 aliphatic carbocycles. The minimum atomic E-state index is -0.513. The third kappa shape index (κ3) is 11.6. The van der Waals surface area contributed by atoms with Gasteiger partial charge in [0, 0.05) is 19.0 Å². The van der Waals surface area contributed by atoms with Gasteiger partial charge in [-0.2, -0.15) is 0 Å². The monoisotopic (exact) mass is 272 g/mol. The molecule has 0 rings (SSSR count). The van der Waals surface area contributed by atoms with Crippen LogP contribution in [0.25, 0.3) is 0 Å². The zero-order valence-electron chi connectivity index (χ0n) is 12.8. The van der Waals surface area contributed by atoms with E-state index in [4.69, 9.17) is 4.74 Å². The van der Waals surface area contributed by atoms with Gasteiger partial charge in [-0.3, -0.25) is 4.79 Å². The zero-order chi connectivity index (χ0) is 14.9. The molecule has 0 radical (unpaired) electrons. The second-order valence-electron chi connectivity index (χ2n) is 5.79. The minimum absolute atomic E-state index is 0.0420. The first-order valence-corrected chi connectivity index (χ1v) is 7.00. The maximum Gasteiger partial charge on any atom is 0.407 e. The molecule has 0 fully saturated rings. The fourth-order valence-electron chi connectivity index (χ4n) is 1.52. The number of carbonyl (C=O) groups excluding carboxylic acids is 2. The lowest BCUT2D eigenvalue weighted by Crippen LogP contribution is -2.37. The molecule has 0 saturated heterocycles. The molecule has 0 aromatic heterocycles. The summed E-state index contributed by atoms with van der Waals surface area (Å²) in [4.78, 5) is 22.9. The van der Waals surface area contributed by atoms with Crippen molar-refractivity contribution in [2.24, 2.45) is 0 Å². The van der Waals surface area contributed by atoms with Crippen LogP contribution in [-0.4, -0.2) is 30.2 Å². The Kier molecular flexibility index (Phi) is 8.19. The van der Waals surface area contributed by atoms with Crippen LogP contribution in [0.4, 0.5) is 4.79 Å². The Balaban J connectivity index is 3.71. The molecule has 0 aliphatic rings. The number of unbranched alkanes of at least 4 members (excludes halogenated alkanes) is 1. The van der Waals surface area contributed by atoms with Crippen molar-refractivity contribution in [1.82, 2.24) is 10.6 Å². The van der Waals surface area contributed by atoms with Crippen LogP contribution in [0.5, 0.6) is 0 Å². The number of amides is 2. The van der Waals surface area contributed by atoms with Crippen molar-refractivity contribution in [3.8, 4) is 0 Å². The number of ether oxygens (including phenoxy) is 1. The Morgan fingerprint density at radius 2 is 1.89 bits per heavy atom. The number of hydrogen-bond acceptors (Lipinski definition) is 3. The van der Waals surface area contributed by atoms with Crippen molar-refractivity contribution >= 4 is 12.0 Å². The standard InChI is InChI=1S/C14H28N2O3/c1-6-7-8-11(2)16-12(17)9-10-15-13(18)19-14(3,4)5/h11H,6-10H2,1-5H3,(H,15,18)(H,16,17). The summed E-state index contributed by atoms with van der Waals surface area (Å²) in [6.45, 7) is 9.81. The summed E-state index contributed by atoms with van der Waals surface area (Å²) in [7, 11) is 0. The lowest BCUT2D eigenvalue weighted by atomic mass is 10.1. The predicted octanol–water partition coefficient (Wildman–Crippen LogP) is 2.60. The topological polar surface area (TPSA) is 67.4 Å². The second-order valence-corrected chi connectivity index (χ2v) is 5.79. The highest BCUT2D eigenvalue weighted by Crippen LogP contribution is 2.06. The molecule has 0 aliphatic heterocycles. The predicted molar refractivity (Wildman–Crippen MR) is 76.0 cm³/mol. The zero-order valence-corrected chi connectivity index (χ0v) is 12.8. The van der Waals surface area contributed by atoms with Crippen molar-refractivity contribution in [2.45, 2.75) is 71.9 Å². The van der Waals surface area contributed by atoms with Crippen LogP contribution in [0.1, 0.15) is 60.3 Å². The van der Waals surface area contributed by atoms with Crippen molar-refractivity contribution < 1.29 is 14.3 Å². The number of rotatable bonds is 7. The molecule has 0 heterocycles. The molecular formula is C14H28N2O3. The molecule has 1 atom stereocenters. The van der Waals surface area contributed by atoms with Gasteiger partial charge in [-0.25, -0.2) is 4.79 Å². The van der Waals surface area contributed by atoms with E-state index in [1.165, 1.54) is 0 Å². The van der Waals surface area contributed by atoms with E-state index in [2.05, 4.69) is 17.6 Å². The van der Waals surface area contributed by atoms with Crippen LogP contribution >= 0.6 is 0 Å². The summed E-state index contributed by atoms with van der Waals surface area (Å²) in [6, 6.07) is 0.189. The van der Waals surface area contributed by atoms with Crippen LogP contribution in [-0.2, 0) is 9.53 Å². The molecule has 0 spiro atoms. The highest BCUT2D eigenvalue weighted by atomic mass is 16.6. The molecule has 19 heavy (non-hydrogen) atoms. The highest BCUT2D eigenvalue weighted by molar-refractivity contribution is 5.77. The summed E-state index contributed by atoms with van der Waals surface area (Å²) in [5, 5.41) is 5.47. The Hall–Kier alpha value is -1.26. The number of carbonyl (C=O) groups is 2. The summed E-state index contributed by atoms with van der Waals surface area (Å²) < 4.78 is 5.07. The van der Waals surface area contributed by atoms with Gasteiger partial charge in [0.15, 0.2) is 0 Å². The first-order chi connectivity index (χ1) is 8.74. The van der Waals surface area contributed by atoms with Gasteiger partial charge >= 0.3 is 6.09 Å². The van der Waals surface area contributed by atoms with E-state index in [1.54, 1.807) is 20.8 Å². The molecule has 5 nitrogen and oxygen atoms in total. The van der Waals surface area contributed by atoms with Gasteiger partial charge in [0.1, 0.15) is 5.60 Å². The van der Waals surface area contributed by atoms with Crippen LogP contribution in [0, 0.1) is 0 Å². The Morgan fingerprint density at radius 3 is 2.42 bits per heavy atom. The Labute approximate surface area is 116 Å². The third-order valence-corrected chi connectivity index (χ3v) is 2.42. The van der Waals surface area contributed by atoms with Crippen LogP contribution < -0.4 is 10.6 Å². The quantitative estimate of drug-likeness (QED) is 0.748. The molecule has 0 bridgehead atoms. The van der Waals surface area contributed by atoms with Gasteiger partial charge < -0.3 is 15.4 Å². The summed E-state index contributed by atoms with van der Waals surface area (Å²) in [6.07, 6.45) is 3.01. The lowest BCUT2D eigenvalue weighted by Gasteiger charge is -2.19. The van der Waals surface area contributed by atoms with E-state index < -0.39 is 11.7 Å². The SMILES string of the molecule is CCCCC(C)NC(=O)CCNC(=O)OC(C)(C)C. The highest BCUT2D eigenvalue weighted by Gasteiger charge is 2.16. The largest absolute Gasteiger partial charge is 0.444 e. The Bertz CT molecular complexity index is 285. The van der Waals surface area contributed by atoms with Crippen molar-refractivity contribution in [3.05, 3.63) is 0 Å².